The third kappa shape index (κ3) is 8.72. The Hall–Kier alpha value is -2.04. The smallest absolute Gasteiger partial charge is 0.308 e. The van der Waals surface area contributed by atoms with Crippen LogP contribution in [0.1, 0.15) is 74.1 Å². The summed E-state index contributed by atoms with van der Waals surface area (Å²) in [5.41, 5.74) is 0.710. The van der Waals surface area contributed by atoms with E-state index in [9.17, 15) is 30.0 Å². The highest BCUT2D eigenvalue weighted by atomic mass is 16.5. The zero-order chi connectivity index (χ0) is 29.7. The maximum Gasteiger partial charge on any atom is 0.308 e. The van der Waals surface area contributed by atoms with Gasteiger partial charge in [-0.05, 0) is 59.0 Å². The molecule has 0 saturated carbocycles. The van der Waals surface area contributed by atoms with Crippen LogP contribution in [0.5, 0.6) is 0 Å². The maximum absolute atomic E-state index is 12.1. The van der Waals surface area contributed by atoms with Crippen molar-refractivity contribution in [2.75, 3.05) is 7.11 Å². The Kier molecular flexibility index (Phi) is 11.9. The summed E-state index contributed by atoms with van der Waals surface area (Å²) >= 11 is 0. The van der Waals surface area contributed by atoms with Crippen molar-refractivity contribution in [2.24, 2.45) is 17.8 Å². The molecule has 2 heterocycles. The number of methoxy groups -OCH3 is 1. The summed E-state index contributed by atoms with van der Waals surface area (Å²) in [6, 6.07) is 0. The summed E-state index contributed by atoms with van der Waals surface area (Å²) in [6.07, 6.45) is 2.74. The Morgan fingerprint density at radius 1 is 1.26 bits per heavy atom. The zero-order valence-corrected chi connectivity index (χ0v) is 24.6. The summed E-state index contributed by atoms with van der Waals surface area (Å²) in [5.74, 6) is -2.49. The van der Waals surface area contributed by atoms with Crippen LogP contribution in [0, 0.1) is 17.8 Å². The Balaban J connectivity index is 2.05. The molecule has 9 heteroatoms. The molecule has 0 saturated heterocycles. The molecule has 0 aromatic rings. The molecule has 0 amide bonds. The van der Waals surface area contributed by atoms with Crippen molar-refractivity contribution in [3.63, 3.8) is 0 Å². The summed E-state index contributed by atoms with van der Waals surface area (Å²) in [7, 11) is 1.54. The third-order valence-corrected chi connectivity index (χ3v) is 8.25. The van der Waals surface area contributed by atoms with E-state index < -0.39 is 65.9 Å². The SMILES string of the molecule is CCC1=C[C@H](/C(C)=C/[C@@](C)(O)CC[C@H](OC)[C@H](C)[C@H](O)[C@H](C)[C@H](O)[C@H]2OC(C)=CC2=O)O[C@@H]([C@@H](C)C(=O)O)C1. The van der Waals surface area contributed by atoms with E-state index in [4.69, 9.17) is 14.2 Å². The molecular formula is C30H48O9. The predicted octanol–water partition coefficient (Wildman–Crippen LogP) is 3.56. The molecule has 0 aromatic carbocycles. The number of aliphatic carboxylic acids is 1. The first kappa shape index (κ1) is 33.2. The monoisotopic (exact) mass is 552 g/mol. The molecule has 2 aliphatic heterocycles. The molecule has 0 aliphatic carbocycles. The highest BCUT2D eigenvalue weighted by Crippen LogP contribution is 2.32. The Morgan fingerprint density at radius 2 is 1.90 bits per heavy atom. The standard InChI is InChI=1S/C30H48O9/c1-9-21-13-24(39-25(14-21)19(5)29(34)35)16(2)15-30(7,36)11-10-23(37-8)18(4)26(32)20(6)27(33)28-22(31)12-17(3)38-28/h12-13,15,18-20,23-28,32-33,36H,9-11,14H2,1-8H3,(H,34,35)/b16-15+/t18-,19+,20-,23-,24+,25+,26-,27-,28-,30-/m0/s1. The molecule has 0 fully saturated rings. The van der Waals surface area contributed by atoms with Crippen molar-refractivity contribution in [1.82, 2.24) is 0 Å². The summed E-state index contributed by atoms with van der Waals surface area (Å²) in [4.78, 5) is 23.6. The van der Waals surface area contributed by atoms with E-state index in [2.05, 4.69) is 0 Å². The van der Waals surface area contributed by atoms with Crippen LogP contribution in [-0.4, -0.2) is 81.5 Å². The van der Waals surface area contributed by atoms with Crippen LogP contribution in [0.3, 0.4) is 0 Å². The van der Waals surface area contributed by atoms with Crippen LogP contribution in [-0.2, 0) is 23.8 Å². The Morgan fingerprint density at radius 3 is 2.41 bits per heavy atom. The molecule has 2 rings (SSSR count). The highest BCUT2D eigenvalue weighted by Gasteiger charge is 2.41. The van der Waals surface area contributed by atoms with Crippen LogP contribution in [0.4, 0.5) is 0 Å². The number of rotatable bonds is 14. The second-order valence-electron chi connectivity index (χ2n) is 11.6. The molecule has 4 N–H and O–H groups in total. The molecule has 10 atom stereocenters. The van der Waals surface area contributed by atoms with Crippen LogP contribution in [0.2, 0.25) is 0 Å². The van der Waals surface area contributed by atoms with Crippen molar-refractivity contribution >= 4 is 11.8 Å². The minimum atomic E-state index is -1.21. The van der Waals surface area contributed by atoms with E-state index in [1.54, 1.807) is 40.9 Å². The van der Waals surface area contributed by atoms with Gasteiger partial charge in [0.15, 0.2) is 6.10 Å². The van der Waals surface area contributed by atoms with Gasteiger partial charge in [0.05, 0.1) is 41.7 Å². The van der Waals surface area contributed by atoms with Gasteiger partial charge in [0, 0.05) is 25.0 Å². The number of hydrogen-bond acceptors (Lipinski definition) is 8. The molecule has 222 valence electrons. The van der Waals surface area contributed by atoms with Gasteiger partial charge in [0.2, 0.25) is 5.78 Å². The number of hydrogen-bond donors (Lipinski definition) is 4. The number of ether oxygens (including phenoxy) is 3. The summed E-state index contributed by atoms with van der Waals surface area (Å²) in [5, 5.41) is 42.4. The van der Waals surface area contributed by atoms with Crippen LogP contribution < -0.4 is 0 Å². The number of allylic oxidation sites excluding steroid dienone is 1. The Labute approximate surface area is 232 Å². The fraction of sp³-hybridized carbons (Fsp3) is 0.733. The predicted molar refractivity (Wildman–Crippen MR) is 147 cm³/mol. The number of ketones is 1. The van der Waals surface area contributed by atoms with Gasteiger partial charge in [0.25, 0.3) is 0 Å². The van der Waals surface area contributed by atoms with Gasteiger partial charge in [0.1, 0.15) is 6.10 Å². The van der Waals surface area contributed by atoms with Crippen molar-refractivity contribution < 1.29 is 44.2 Å². The number of carboxylic acids is 1. The molecule has 0 aromatic heterocycles. The van der Waals surface area contributed by atoms with E-state index in [0.29, 0.717) is 25.0 Å². The lowest BCUT2D eigenvalue weighted by Crippen LogP contribution is -2.46. The topological polar surface area (TPSA) is 143 Å². The van der Waals surface area contributed by atoms with Gasteiger partial charge >= 0.3 is 5.97 Å². The largest absolute Gasteiger partial charge is 0.484 e. The van der Waals surface area contributed by atoms with E-state index in [-0.39, 0.29) is 5.78 Å². The van der Waals surface area contributed by atoms with Gasteiger partial charge < -0.3 is 34.6 Å². The summed E-state index contributed by atoms with van der Waals surface area (Å²) in [6.45, 7) is 12.4. The molecule has 0 spiro atoms. The first-order valence-electron chi connectivity index (χ1n) is 13.9. The van der Waals surface area contributed by atoms with Gasteiger partial charge in [-0.3, -0.25) is 9.59 Å². The van der Waals surface area contributed by atoms with E-state index >= 15 is 0 Å². The fourth-order valence-corrected chi connectivity index (χ4v) is 5.43. The maximum atomic E-state index is 12.1. The lowest BCUT2D eigenvalue weighted by Gasteiger charge is -2.35. The van der Waals surface area contributed by atoms with Crippen LogP contribution in [0.15, 0.2) is 35.1 Å². The average molecular weight is 553 g/mol. The Bertz CT molecular complexity index is 950. The van der Waals surface area contributed by atoms with E-state index in [1.807, 2.05) is 26.8 Å². The molecule has 0 radical (unpaired) electrons. The second-order valence-corrected chi connectivity index (χ2v) is 11.6. The van der Waals surface area contributed by atoms with Crippen molar-refractivity contribution in [2.45, 2.75) is 116 Å². The van der Waals surface area contributed by atoms with Crippen LogP contribution >= 0.6 is 0 Å². The zero-order valence-electron chi connectivity index (χ0n) is 24.6. The fourth-order valence-electron chi connectivity index (χ4n) is 5.43. The van der Waals surface area contributed by atoms with Gasteiger partial charge in [-0.25, -0.2) is 0 Å². The van der Waals surface area contributed by atoms with Crippen LogP contribution in [0.25, 0.3) is 0 Å². The highest BCUT2D eigenvalue weighted by molar-refractivity contribution is 5.96. The van der Waals surface area contributed by atoms with Gasteiger partial charge in [-0.15, -0.1) is 0 Å². The van der Waals surface area contributed by atoms with E-state index in [0.717, 1.165) is 17.6 Å². The molecule has 39 heavy (non-hydrogen) atoms. The molecule has 9 nitrogen and oxygen atoms in total. The minimum Gasteiger partial charge on any atom is -0.484 e. The van der Waals surface area contributed by atoms with Gasteiger partial charge in [-0.2, -0.15) is 0 Å². The number of carbonyl (C=O) groups excluding carboxylic acids is 1. The quantitative estimate of drug-likeness (QED) is 0.238. The van der Waals surface area contributed by atoms with Crippen molar-refractivity contribution in [3.8, 4) is 0 Å². The first-order chi connectivity index (χ1) is 18.1. The van der Waals surface area contributed by atoms with Crippen molar-refractivity contribution in [1.29, 1.82) is 0 Å². The van der Waals surface area contributed by atoms with Crippen molar-refractivity contribution in [3.05, 3.63) is 35.1 Å². The second kappa shape index (κ2) is 14.0. The number of carbonyl (C=O) groups is 2. The lowest BCUT2D eigenvalue weighted by molar-refractivity contribution is -0.147. The number of carboxylic acid groups (broad SMARTS) is 1. The molecular weight excluding hydrogens is 504 g/mol. The number of aliphatic hydroxyl groups excluding tert-OH is 2. The first-order valence-corrected chi connectivity index (χ1v) is 13.9. The normalized spacial score (nSPS) is 28.3. The minimum absolute atomic E-state index is 0.320. The third-order valence-electron chi connectivity index (χ3n) is 8.25. The average Bonchev–Trinajstić information content (AvgIpc) is 3.23. The molecule has 0 unspecified atom stereocenters. The summed E-state index contributed by atoms with van der Waals surface area (Å²) < 4.78 is 17.2. The van der Waals surface area contributed by atoms with Gasteiger partial charge in [-0.1, -0.05) is 38.5 Å². The molecule has 2 aliphatic rings. The molecule has 0 bridgehead atoms. The lowest BCUT2D eigenvalue weighted by atomic mass is 9.81. The van der Waals surface area contributed by atoms with E-state index in [1.165, 1.54) is 6.08 Å². The number of aliphatic hydroxyl groups is 3.